The molecular weight excluding hydrogens is 324 g/mol. The van der Waals surface area contributed by atoms with E-state index in [1.165, 1.54) is 6.42 Å². The zero-order chi connectivity index (χ0) is 18.5. The lowest BCUT2D eigenvalue weighted by Gasteiger charge is -2.26. The highest BCUT2D eigenvalue weighted by Gasteiger charge is 2.19. The fourth-order valence-corrected chi connectivity index (χ4v) is 3.38. The van der Waals surface area contributed by atoms with Crippen LogP contribution in [-0.4, -0.2) is 29.8 Å². The van der Waals surface area contributed by atoms with E-state index in [2.05, 4.69) is 19.2 Å². The molecular formula is C22H26N2O2. The van der Waals surface area contributed by atoms with E-state index in [1.807, 2.05) is 29.2 Å². The molecule has 0 bridgehead atoms. The second kappa shape index (κ2) is 8.17. The molecule has 1 aliphatic heterocycles. The zero-order valence-corrected chi connectivity index (χ0v) is 15.5. The second-order valence-electron chi connectivity index (χ2n) is 7.13. The third kappa shape index (κ3) is 4.13. The van der Waals surface area contributed by atoms with Gasteiger partial charge >= 0.3 is 0 Å². The fourth-order valence-electron chi connectivity index (χ4n) is 3.38. The molecule has 2 aromatic carbocycles. The lowest BCUT2D eigenvalue weighted by molar-refractivity contribution is 0.0724. The molecule has 1 heterocycles. The molecule has 0 radical (unpaired) electrons. The summed E-state index contributed by atoms with van der Waals surface area (Å²) < 4.78 is 0. The van der Waals surface area contributed by atoms with Crippen LogP contribution in [0.4, 0.5) is 5.69 Å². The largest absolute Gasteiger partial charge is 0.339 e. The van der Waals surface area contributed by atoms with Crippen LogP contribution in [0, 0.1) is 0 Å². The fraction of sp³-hybridized carbons (Fsp3) is 0.364. The van der Waals surface area contributed by atoms with Crippen LogP contribution in [0.1, 0.15) is 65.3 Å². The molecule has 0 atom stereocenters. The molecule has 3 rings (SSSR count). The number of carbonyl (C=O) groups excluding carboxylic acids is 2. The standard InChI is InChI=1S/C22H26N2O2/c1-16(2)19-11-4-5-12-20(19)23-21(25)17-9-8-10-18(15-17)22(26)24-13-6-3-7-14-24/h4-5,8-12,15-16H,3,6-7,13-14H2,1-2H3,(H,23,25). The number of carbonyl (C=O) groups is 2. The SMILES string of the molecule is CC(C)c1ccccc1NC(=O)c1cccc(C(=O)N2CCCCC2)c1. The molecule has 1 N–H and O–H groups in total. The van der Waals surface area contributed by atoms with E-state index in [1.54, 1.807) is 24.3 Å². The van der Waals surface area contributed by atoms with Gasteiger partial charge in [0.1, 0.15) is 0 Å². The minimum Gasteiger partial charge on any atom is -0.339 e. The molecule has 136 valence electrons. The Hall–Kier alpha value is -2.62. The molecule has 26 heavy (non-hydrogen) atoms. The Kier molecular flexibility index (Phi) is 5.71. The van der Waals surface area contributed by atoms with Gasteiger partial charge < -0.3 is 10.2 Å². The van der Waals surface area contributed by atoms with Crippen LogP contribution in [0.15, 0.2) is 48.5 Å². The highest BCUT2D eigenvalue weighted by atomic mass is 16.2. The van der Waals surface area contributed by atoms with Crippen molar-refractivity contribution in [3.63, 3.8) is 0 Å². The van der Waals surface area contributed by atoms with Crippen molar-refractivity contribution in [1.82, 2.24) is 4.90 Å². The molecule has 2 aromatic rings. The average Bonchev–Trinajstić information content (AvgIpc) is 2.68. The van der Waals surface area contributed by atoms with E-state index in [0.29, 0.717) is 17.0 Å². The molecule has 4 heteroatoms. The number of amides is 2. The summed E-state index contributed by atoms with van der Waals surface area (Å²) in [6, 6.07) is 14.8. The van der Waals surface area contributed by atoms with Crippen molar-refractivity contribution < 1.29 is 9.59 Å². The Bertz CT molecular complexity index is 792. The first-order chi connectivity index (χ1) is 12.6. The van der Waals surface area contributed by atoms with Crippen LogP contribution in [0.25, 0.3) is 0 Å². The number of piperidine rings is 1. The molecule has 0 spiro atoms. The van der Waals surface area contributed by atoms with Crippen molar-refractivity contribution >= 4 is 17.5 Å². The Morgan fingerprint density at radius 1 is 0.923 bits per heavy atom. The normalized spacial score (nSPS) is 14.3. The molecule has 4 nitrogen and oxygen atoms in total. The predicted octanol–water partition coefficient (Wildman–Crippen LogP) is 4.69. The van der Waals surface area contributed by atoms with E-state index >= 15 is 0 Å². The lowest BCUT2D eigenvalue weighted by Crippen LogP contribution is -2.35. The van der Waals surface area contributed by atoms with E-state index in [-0.39, 0.29) is 11.8 Å². The highest BCUT2D eigenvalue weighted by molar-refractivity contribution is 6.06. The summed E-state index contributed by atoms with van der Waals surface area (Å²) in [6.07, 6.45) is 3.29. The van der Waals surface area contributed by atoms with Crippen LogP contribution in [-0.2, 0) is 0 Å². The highest BCUT2D eigenvalue weighted by Crippen LogP contribution is 2.24. The van der Waals surface area contributed by atoms with Gasteiger partial charge in [-0.1, -0.05) is 38.1 Å². The van der Waals surface area contributed by atoms with Crippen molar-refractivity contribution in [2.45, 2.75) is 39.0 Å². The van der Waals surface area contributed by atoms with Crippen LogP contribution >= 0.6 is 0 Å². The second-order valence-corrected chi connectivity index (χ2v) is 7.13. The van der Waals surface area contributed by atoms with Crippen molar-refractivity contribution in [1.29, 1.82) is 0 Å². The molecule has 0 aliphatic carbocycles. The van der Waals surface area contributed by atoms with Gasteiger partial charge in [-0.3, -0.25) is 9.59 Å². The topological polar surface area (TPSA) is 49.4 Å². The van der Waals surface area contributed by atoms with Crippen molar-refractivity contribution in [3.8, 4) is 0 Å². The molecule has 1 fully saturated rings. The third-order valence-corrected chi connectivity index (χ3v) is 4.85. The van der Waals surface area contributed by atoms with Gasteiger partial charge in [-0.2, -0.15) is 0 Å². The van der Waals surface area contributed by atoms with Gasteiger partial charge in [0.2, 0.25) is 0 Å². The third-order valence-electron chi connectivity index (χ3n) is 4.85. The smallest absolute Gasteiger partial charge is 0.255 e. The molecule has 0 saturated carbocycles. The first-order valence-corrected chi connectivity index (χ1v) is 9.36. The summed E-state index contributed by atoms with van der Waals surface area (Å²) in [5.74, 6) is 0.145. The number of para-hydroxylation sites is 1. The van der Waals surface area contributed by atoms with Gasteiger partial charge in [0.05, 0.1) is 0 Å². The summed E-state index contributed by atoms with van der Waals surface area (Å²) >= 11 is 0. The number of hydrogen-bond donors (Lipinski definition) is 1. The summed E-state index contributed by atoms with van der Waals surface area (Å²) in [5, 5.41) is 2.99. The van der Waals surface area contributed by atoms with Gasteiger partial charge in [-0.15, -0.1) is 0 Å². The first-order valence-electron chi connectivity index (χ1n) is 9.36. The van der Waals surface area contributed by atoms with E-state index < -0.39 is 0 Å². The number of rotatable bonds is 4. The summed E-state index contributed by atoms with van der Waals surface area (Å²) in [6.45, 7) is 5.81. The minimum atomic E-state index is -0.189. The maximum atomic E-state index is 12.7. The molecule has 1 saturated heterocycles. The van der Waals surface area contributed by atoms with Crippen molar-refractivity contribution in [3.05, 3.63) is 65.2 Å². The van der Waals surface area contributed by atoms with Gasteiger partial charge in [-0.25, -0.2) is 0 Å². The predicted molar refractivity (Wildman–Crippen MR) is 105 cm³/mol. The van der Waals surface area contributed by atoms with Crippen LogP contribution in [0.3, 0.4) is 0 Å². The monoisotopic (exact) mass is 350 g/mol. The molecule has 0 aromatic heterocycles. The van der Waals surface area contributed by atoms with Crippen LogP contribution in [0.5, 0.6) is 0 Å². The number of hydrogen-bond acceptors (Lipinski definition) is 2. The number of benzene rings is 2. The van der Waals surface area contributed by atoms with E-state index in [0.717, 1.165) is 37.2 Å². The van der Waals surface area contributed by atoms with Gasteiger partial charge in [0.15, 0.2) is 0 Å². The molecule has 0 unspecified atom stereocenters. The van der Waals surface area contributed by atoms with Gasteiger partial charge in [-0.05, 0) is 55.0 Å². The summed E-state index contributed by atoms with van der Waals surface area (Å²) in [5.41, 5.74) is 3.00. The lowest BCUT2D eigenvalue weighted by atomic mass is 10.0. The number of nitrogens with one attached hydrogen (secondary N) is 1. The van der Waals surface area contributed by atoms with Crippen LogP contribution in [0.2, 0.25) is 0 Å². The Morgan fingerprint density at radius 3 is 2.35 bits per heavy atom. The van der Waals surface area contributed by atoms with E-state index in [4.69, 9.17) is 0 Å². The molecule has 2 amide bonds. The Labute approximate surface area is 155 Å². The van der Waals surface area contributed by atoms with Crippen molar-refractivity contribution in [2.24, 2.45) is 0 Å². The number of likely N-dealkylation sites (tertiary alicyclic amines) is 1. The number of anilines is 1. The maximum absolute atomic E-state index is 12.7. The summed E-state index contributed by atoms with van der Waals surface area (Å²) in [4.78, 5) is 27.3. The summed E-state index contributed by atoms with van der Waals surface area (Å²) in [7, 11) is 0. The Balaban J connectivity index is 1.77. The quantitative estimate of drug-likeness (QED) is 0.870. The molecule has 1 aliphatic rings. The zero-order valence-electron chi connectivity index (χ0n) is 15.5. The van der Waals surface area contributed by atoms with Gasteiger partial charge in [0, 0.05) is 29.9 Å². The Morgan fingerprint density at radius 2 is 1.62 bits per heavy atom. The van der Waals surface area contributed by atoms with Gasteiger partial charge in [0.25, 0.3) is 11.8 Å². The average molecular weight is 350 g/mol. The first kappa shape index (κ1) is 18.2. The number of nitrogens with zero attached hydrogens (tertiary/aromatic N) is 1. The minimum absolute atomic E-state index is 0.0157. The van der Waals surface area contributed by atoms with Crippen molar-refractivity contribution in [2.75, 3.05) is 18.4 Å². The van der Waals surface area contributed by atoms with Crippen LogP contribution < -0.4 is 5.32 Å². The van der Waals surface area contributed by atoms with E-state index in [9.17, 15) is 9.59 Å². The maximum Gasteiger partial charge on any atom is 0.255 e.